The first-order valence-electron chi connectivity index (χ1n) is 5.16. The van der Waals surface area contributed by atoms with Crippen LogP contribution in [0.1, 0.15) is 0 Å². The quantitative estimate of drug-likeness (QED) is 0.680. The van der Waals surface area contributed by atoms with E-state index in [2.05, 4.69) is 46.2 Å². The summed E-state index contributed by atoms with van der Waals surface area (Å²) in [7, 11) is 2.16. The molecule has 1 aromatic heterocycles. The number of rotatable bonds is 2. The molecule has 80 valence electrons. The van der Waals surface area contributed by atoms with E-state index in [0.717, 1.165) is 0 Å². The van der Waals surface area contributed by atoms with Crippen LogP contribution in [-0.4, -0.2) is 46.3 Å². The molecule has 1 aromatic rings. The molecule has 2 nitrogen and oxygen atoms in total. The first kappa shape index (κ1) is 12.9. The van der Waals surface area contributed by atoms with Crippen LogP contribution in [0.25, 0.3) is 0 Å². The molecule has 0 spiro atoms. The van der Waals surface area contributed by atoms with E-state index < -0.39 is 36.8 Å². The summed E-state index contributed by atoms with van der Waals surface area (Å²) in [5.74, 6) is 0. The van der Waals surface area contributed by atoms with Crippen LogP contribution in [0.3, 0.4) is 0 Å². The van der Waals surface area contributed by atoms with Crippen LogP contribution in [0, 0.1) is 0 Å². The molecule has 4 heteroatoms. The topological polar surface area (TPSA) is 17.8 Å². The molecular weight excluding hydrogens is 386 g/mol. The number of nitrogens with zero attached hydrogens (tertiary/aromatic N) is 2. The molecule has 0 bridgehead atoms. The number of aryl methyl sites for hydroxylation is 1. The number of aromatic nitrogens is 2. The Hall–Kier alpha value is 0.807. The molecule has 0 aliphatic rings. The summed E-state index contributed by atoms with van der Waals surface area (Å²) in [6.07, 6.45) is 2.02. The fraction of sp³-hybridized carbons (Fsp3) is 0.700. The minimum atomic E-state index is -1.98. The van der Waals surface area contributed by atoms with Gasteiger partial charge in [-0.3, -0.25) is 0 Å². The second-order valence-electron chi connectivity index (χ2n) is 6.05. The molecule has 0 amide bonds. The standard InChI is InChI=1S/C4H4N2.6CH3.2Sn/c1-6-3-2-5-4-6;;;;;;;;/h4H,1H3;6*1H3;;. The zero-order valence-electron chi connectivity index (χ0n) is 10.5. The normalized spacial score (nSPS) is 13.4. The predicted molar refractivity (Wildman–Crippen MR) is 69.2 cm³/mol. The van der Waals surface area contributed by atoms with Crippen molar-refractivity contribution in [3.05, 3.63) is 6.33 Å². The van der Waals surface area contributed by atoms with E-state index >= 15 is 0 Å². The molecule has 1 rings (SSSR count). The second kappa shape index (κ2) is 4.00. The molecular formula is C10H22N2Sn2. The van der Waals surface area contributed by atoms with Gasteiger partial charge in [-0.05, 0) is 0 Å². The molecule has 0 aliphatic carbocycles. The van der Waals surface area contributed by atoms with Gasteiger partial charge >= 0.3 is 96.7 Å². The van der Waals surface area contributed by atoms with E-state index in [0.29, 0.717) is 0 Å². The average Bonchev–Trinajstić information content (AvgIpc) is 2.27. The average molecular weight is 408 g/mol. The van der Waals surface area contributed by atoms with Gasteiger partial charge in [0.2, 0.25) is 0 Å². The Morgan fingerprint density at radius 3 is 1.79 bits per heavy atom. The first-order valence-corrected chi connectivity index (χ1v) is 25.1. The van der Waals surface area contributed by atoms with Gasteiger partial charge in [-0.15, -0.1) is 0 Å². The maximum absolute atomic E-state index is 4.66. The van der Waals surface area contributed by atoms with Crippen molar-refractivity contribution < 1.29 is 0 Å². The van der Waals surface area contributed by atoms with Gasteiger partial charge in [0.1, 0.15) is 0 Å². The van der Waals surface area contributed by atoms with Gasteiger partial charge in [0.05, 0.1) is 0 Å². The number of hydrogen-bond acceptors (Lipinski definition) is 1. The first-order chi connectivity index (χ1) is 6.14. The number of hydrogen-bond donors (Lipinski definition) is 0. The fourth-order valence-corrected chi connectivity index (χ4v) is 25.4. The summed E-state index contributed by atoms with van der Waals surface area (Å²) in [5, 5.41) is 0. The molecule has 0 aromatic carbocycles. The summed E-state index contributed by atoms with van der Waals surface area (Å²) in [6.45, 7) is 0. The van der Waals surface area contributed by atoms with Crippen LogP contribution in [0.5, 0.6) is 0 Å². The molecule has 0 aliphatic heterocycles. The molecule has 0 radical (unpaired) electrons. The molecule has 0 N–H and O–H groups in total. The van der Waals surface area contributed by atoms with Crippen LogP contribution < -0.4 is 7.42 Å². The van der Waals surface area contributed by atoms with E-state index in [9.17, 15) is 0 Å². The summed E-state index contributed by atoms with van der Waals surface area (Å²) >= 11 is -3.94. The third kappa shape index (κ3) is 2.68. The number of imidazole rings is 1. The SMILES string of the molecule is Cn1cn[c]([Sn]([CH3])([CH3])[CH3])[c]1[Sn]([CH3])([CH3])[CH3]. The summed E-state index contributed by atoms with van der Waals surface area (Å²) in [6, 6.07) is 0. The van der Waals surface area contributed by atoms with Gasteiger partial charge in [-0.1, -0.05) is 0 Å². The Labute approximate surface area is 95.9 Å². The van der Waals surface area contributed by atoms with E-state index in [1.165, 1.54) is 3.71 Å². The van der Waals surface area contributed by atoms with Crippen molar-refractivity contribution in [3.8, 4) is 0 Å². The van der Waals surface area contributed by atoms with Crippen LogP contribution in [0.4, 0.5) is 0 Å². The zero-order valence-corrected chi connectivity index (χ0v) is 16.2. The van der Waals surface area contributed by atoms with Gasteiger partial charge in [0.15, 0.2) is 0 Å². The van der Waals surface area contributed by atoms with Crippen LogP contribution in [0.2, 0.25) is 29.6 Å². The molecule has 0 fully saturated rings. The van der Waals surface area contributed by atoms with Gasteiger partial charge in [-0.25, -0.2) is 0 Å². The van der Waals surface area contributed by atoms with E-state index in [4.69, 9.17) is 0 Å². The van der Waals surface area contributed by atoms with Gasteiger partial charge < -0.3 is 0 Å². The minimum absolute atomic E-state index is 1.52. The van der Waals surface area contributed by atoms with Gasteiger partial charge in [0.25, 0.3) is 0 Å². The van der Waals surface area contributed by atoms with E-state index in [1.807, 2.05) is 6.33 Å². The van der Waals surface area contributed by atoms with Crippen LogP contribution in [0.15, 0.2) is 6.33 Å². The van der Waals surface area contributed by atoms with Crippen molar-refractivity contribution in [3.63, 3.8) is 0 Å². The van der Waals surface area contributed by atoms with Crippen molar-refractivity contribution >= 4 is 44.2 Å². The Morgan fingerprint density at radius 2 is 1.50 bits per heavy atom. The van der Waals surface area contributed by atoms with Crippen molar-refractivity contribution in [2.45, 2.75) is 29.6 Å². The van der Waals surface area contributed by atoms with Crippen LogP contribution >= 0.6 is 0 Å². The third-order valence-electron chi connectivity index (χ3n) is 2.36. The van der Waals surface area contributed by atoms with E-state index in [-0.39, 0.29) is 0 Å². The molecule has 0 saturated heterocycles. The maximum atomic E-state index is 4.66. The summed E-state index contributed by atoms with van der Waals surface area (Å²) in [5.41, 5.74) is 0. The zero-order chi connectivity index (χ0) is 11.1. The molecule has 0 unspecified atom stereocenters. The Balaban J connectivity index is 3.35. The predicted octanol–water partition coefficient (Wildman–Crippen LogP) is 1.51. The van der Waals surface area contributed by atoms with Crippen molar-refractivity contribution in [2.24, 2.45) is 7.05 Å². The molecule has 14 heavy (non-hydrogen) atoms. The Bertz CT molecular complexity index is 329. The van der Waals surface area contributed by atoms with Gasteiger partial charge in [-0.2, -0.15) is 0 Å². The second-order valence-corrected chi connectivity index (χ2v) is 34.4. The van der Waals surface area contributed by atoms with Crippen molar-refractivity contribution in [1.82, 2.24) is 9.55 Å². The molecule has 0 saturated carbocycles. The fourth-order valence-electron chi connectivity index (χ4n) is 1.86. The van der Waals surface area contributed by atoms with Crippen LogP contribution in [-0.2, 0) is 7.05 Å². The monoisotopic (exact) mass is 410 g/mol. The third-order valence-corrected chi connectivity index (χ3v) is 15.2. The summed E-state index contributed by atoms with van der Waals surface area (Å²) < 4.78 is 5.45. The summed E-state index contributed by atoms with van der Waals surface area (Å²) in [4.78, 5) is 19.5. The molecule has 1 heterocycles. The molecule has 0 atom stereocenters. The van der Waals surface area contributed by atoms with Crippen molar-refractivity contribution in [1.29, 1.82) is 0 Å². The van der Waals surface area contributed by atoms with Gasteiger partial charge in [0, 0.05) is 0 Å². The van der Waals surface area contributed by atoms with Crippen molar-refractivity contribution in [2.75, 3.05) is 0 Å². The Kier molecular flexibility index (Phi) is 3.67. The Morgan fingerprint density at radius 1 is 1.00 bits per heavy atom. The van der Waals surface area contributed by atoms with E-state index in [1.54, 1.807) is 3.71 Å².